The van der Waals surface area contributed by atoms with Crippen molar-refractivity contribution in [3.05, 3.63) is 34.3 Å². The summed E-state index contributed by atoms with van der Waals surface area (Å²) in [5.41, 5.74) is 1.21. The Bertz CT molecular complexity index is 360. The van der Waals surface area contributed by atoms with E-state index in [2.05, 4.69) is 38.7 Å². The lowest BCUT2D eigenvalue weighted by Gasteiger charge is -2.13. The molecule has 0 heterocycles. The molecule has 0 radical (unpaired) electrons. The predicted molar refractivity (Wildman–Crippen MR) is 76.6 cm³/mol. The fourth-order valence-electron chi connectivity index (χ4n) is 1.55. The van der Waals surface area contributed by atoms with Crippen LogP contribution in [0.25, 0.3) is 0 Å². The summed E-state index contributed by atoms with van der Waals surface area (Å²) in [7, 11) is 1.76. The fourth-order valence-corrected chi connectivity index (χ4v) is 2.00. The number of benzene rings is 1. The number of carbonyl (C=O) groups excluding carboxylic acids is 1. The van der Waals surface area contributed by atoms with Gasteiger partial charge >= 0.3 is 0 Å². The zero-order valence-corrected chi connectivity index (χ0v) is 12.4. The molecule has 17 heavy (non-hydrogen) atoms. The Morgan fingerprint density at radius 3 is 2.76 bits per heavy atom. The number of carbonyl (C=O) groups is 1. The van der Waals surface area contributed by atoms with Crippen molar-refractivity contribution in [3.8, 4) is 0 Å². The van der Waals surface area contributed by atoms with Gasteiger partial charge < -0.3 is 10.6 Å². The average molecular weight is 322 g/mol. The average Bonchev–Trinajstić information content (AvgIpc) is 2.17. The summed E-state index contributed by atoms with van der Waals surface area (Å²) in [6.07, 6.45) is 0.842. The van der Waals surface area contributed by atoms with Gasteiger partial charge in [0.2, 0.25) is 5.91 Å². The van der Waals surface area contributed by atoms with E-state index in [1.165, 1.54) is 5.56 Å². The molecule has 0 aliphatic heterocycles. The van der Waals surface area contributed by atoms with Crippen LogP contribution in [-0.2, 0) is 11.2 Å². The Hall–Kier alpha value is -0.580. The maximum atomic E-state index is 11.3. The summed E-state index contributed by atoms with van der Waals surface area (Å²) in [5.74, 6) is 0.0324. The summed E-state index contributed by atoms with van der Waals surface area (Å²) in [5, 5.41) is 5.76. The van der Waals surface area contributed by atoms with E-state index in [0.717, 1.165) is 10.9 Å². The van der Waals surface area contributed by atoms with Crippen LogP contribution in [-0.4, -0.2) is 25.5 Å². The first kappa shape index (κ1) is 16.4. The molecule has 0 aromatic heterocycles. The van der Waals surface area contributed by atoms with Crippen LogP contribution in [0.2, 0.25) is 0 Å². The van der Waals surface area contributed by atoms with Gasteiger partial charge in [-0.3, -0.25) is 4.79 Å². The summed E-state index contributed by atoms with van der Waals surface area (Å²) in [6.45, 7) is 2.37. The maximum Gasteiger partial charge on any atom is 0.234 e. The molecule has 0 aliphatic rings. The molecular formula is C12H18BrClN2O. The number of nitrogens with one attached hydrogen (secondary N) is 2. The molecule has 1 unspecified atom stereocenters. The van der Waals surface area contributed by atoms with Gasteiger partial charge in [0.25, 0.3) is 0 Å². The number of amides is 1. The van der Waals surface area contributed by atoms with E-state index >= 15 is 0 Å². The van der Waals surface area contributed by atoms with Crippen LogP contribution in [0.1, 0.15) is 12.5 Å². The maximum absolute atomic E-state index is 11.3. The molecule has 0 fully saturated rings. The second-order valence-electron chi connectivity index (χ2n) is 3.83. The van der Waals surface area contributed by atoms with Crippen LogP contribution >= 0.6 is 28.3 Å². The second kappa shape index (κ2) is 8.50. The van der Waals surface area contributed by atoms with E-state index in [1.807, 2.05) is 19.1 Å². The summed E-state index contributed by atoms with van der Waals surface area (Å²) in [4.78, 5) is 11.3. The zero-order valence-electron chi connectivity index (χ0n) is 10.00. The first-order valence-electron chi connectivity index (χ1n) is 5.30. The molecule has 1 aromatic carbocycles. The highest BCUT2D eigenvalue weighted by Crippen LogP contribution is 2.12. The lowest BCUT2D eigenvalue weighted by Crippen LogP contribution is -2.39. The fraction of sp³-hybridized carbons (Fsp3) is 0.417. The smallest absolute Gasteiger partial charge is 0.234 e. The Morgan fingerprint density at radius 1 is 1.47 bits per heavy atom. The van der Waals surface area contributed by atoms with Crippen molar-refractivity contribution in [3.63, 3.8) is 0 Å². The minimum absolute atomic E-state index is 0. The number of rotatable bonds is 5. The van der Waals surface area contributed by atoms with Crippen molar-refractivity contribution in [2.45, 2.75) is 19.4 Å². The van der Waals surface area contributed by atoms with Crippen LogP contribution in [0.4, 0.5) is 0 Å². The Balaban J connectivity index is 0.00000256. The summed E-state index contributed by atoms with van der Waals surface area (Å²) >= 11 is 3.43. The molecule has 5 heteroatoms. The lowest BCUT2D eigenvalue weighted by atomic mass is 10.1. The number of likely N-dealkylation sites (N-methyl/N-ethyl adjacent to an activating group) is 1. The first-order valence-corrected chi connectivity index (χ1v) is 6.09. The quantitative estimate of drug-likeness (QED) is 0.872. The first-order chi connectivity index (χ1) is 7.61. The highest BCUT2D eigenvalue weighted by molar-refractivity contribution is 9.10. The minimum Gasteiger partial charge on any atom is -0.352 e. The molecule has 0 spiro atoms. The Kier molecular flexibility index (Phi) is 8.21. The standard InChI is InChI=1S/C12H17BrN2O.ClH/c1-9(15-12(16)8-14-2)6-10-4-3-5-11(13)7-10;/h3-5,7,9,14H,6,8H2,1-2H3,(H,15,16);1H. The Morgan fingerprint density at radius 2 is 2.18 bits per heavy atom. The van der Waals surface area contributed by atoms with E-state index in [-0.39, 0.29) is 24.4 Å². The van der Waals surface area contributed by atoms with Crippen LogP contribution in [0.3, 0.4) is 0 Å². The van der Waals surface area contributed by atoms with Crippen molar-refractivity contribution in [1.29, 1.82) is 0 Å². The molecule has 96 valence electrons. The van der Waals surface area contributed by atoms with Gasteiger partial charge in [-0.25, -0.2) is 0 Å². The Labute approximate surface area is 117 Å². The van der Waals surface area contributed by atoms with Gasteiger partial charge in [-0.2, -0.15) is 0 Å². The largest absolute Gasteiger partial charge is 0.352 e. The van der Waals surface area contributed by atoms with Crippen molar-refractivity contribution < 1.29 is 4.79 Å². The summed E-state index contributed by atoms with van der Waals surface area (Å²) in [6, 6.07) is 8.27. The van der Waals surface area contributed by atoms with Gasteiger partial charge in [0.1, 0.15) is 0 Å². The van der Waals surface area contributed by atoms with E-state index in [4.69, 9.17) is 0 Å². The molecule has 1 amide bonds. The molecule has 1 rings (SSSR count). The molecule has 0 saturated heterocycles. The monoisotopic (exact) mass is 320 g/mol. The van der Waals surface area contributed by atoms with E-state index in [0.29, 0.717) is 6.54 Å². The van der Waals surface area contributed by atoms with Crippen molar-refractivity contribution >= 4 is 34.2 Å². The molecular weight excluding hydrogens is 304 g/mol. The topological polar surface area (TPSA) is 41.1 Å². The third-order valence-electron chi connectivity index (χ3n) is 2.18. The van der Waals surface area contributed by atoms with Crippen molar-refractivity contribution in [1.82, 2.24) is 10.6 Å². The normalized spacial score (nSPS) is 11.5. The van der Waals surface area contributed by atoms with Gasteiger partial charge in [0.05, 0.1) is 6.54 Å². The third kappa shape index (κ3) is 6.66. The number of halogens is 2. The molecule has 0 saturated carbocycles. The van der Waals surface area contributed by atoms with E-state index < -0.39 is 0 Å². The molecule has 2 N–H and O–H groups in total. The lowest BCUT2D eigenvalue weighted by molar-refractivity contribution is -0.120. The van der Waals surface area contributed by atoms with Crippen molar-refractivity contribution in [2.75, 3.05) is 13.6 Å². The van der Waals surface area contributed by atoms with Crippen LogP contribution < -0.4 is 10.6 Å². The molecule has 1 aromatic rings. The van der Waals surface area contributed by atoms with Gasteiger partial charge in [-0.1, -0.05) is 28.1 Å². The number of hydrogen-bond donors (Lipinski definition) is 2. The highest BCUT2D eigenvalue weighted by Gasteiger charge is 2.07. The third-order valence-corrected chi connectivity index (χ3v) is 2.67. The van der Waals surface area contributed by atoms with Crippen LogP contribution in [0.15, 0.2) is 28.7 Å². The second-order valence-corrected chi connectivity index (χ2v) is 4.75. The van der Waals surface area contributed by atoms with Crippen molar-refractivity contribution in [2.24, 2.45) is 0 Å². The van der Waals surface area contributed by atoms with E-state index in [9.17, 15) is 4.79 Å². The van der Waals surface area contributed by atoms with Gasteiger partial charge in [-0.05, 0) is 38.1 Å². The highest BCUT2D eigenvalue weighted by atomic mass is 79.9. The molecule has 1 atom stereocenters. The minimum atomic E-state index is 0. The molecule has 0 bridgehead atoms. The summed E-state index contributed by atoms with van der Waals surface area (Å²) < 4.78 is 1.07. The van der Waals surface area contributed by atoms with Gasteiger partial charge in [0, 0.05) is 10.5 Å². The van der Waals surface area contributed by atoms with Gasteiger partial charge in [0.15, 0.2) is 0 Å². The predicted octanol–water partition coefficient (Wildman–Crippen LogP) is 2.14. The van der Waals surface area contributed by atoms with Crippen LogP contribution in [0, 0.1) is 0 Å². The number of hydrogen-bond acceptors (Lipinski definition) is 2. The molecule has 3 nitrogen and oxygen atoms in total. The van der Waals surface area contributed by atoms with Crippen LogP contribution in [0.5, 0.6) is 0 Å². The molecule has 0 aliphatic carbocycles. The zero-order chi connectivity index (χ0) is 12.0. The van der Waals surface area contributed by atoms with Gasteiger partial charge in [-0.15, -0.1) is 12.4 Å². The van der Waals surface area contributed by atoms with E-state index in [1.54, 1.807) is 7.05 Å². The SMILES string of the molecule is CNCC(=O)NC(C)Cc1cccc(Br)c1.Cl.